The zero-order valence-electron chi connectivity index (χ0n) is 21.5. The van der Waals surface area contributed by atoms with Crippen LogP contribution in [-0.4, -0.2) is 60.1 Å². The molecule has 1 amide bonds. The van der Waals surface area contributed by atoms with E-state index < -0.39 is 34.6 Å². The lowest BCUT2D eigenvalue weighted by atomic mass is 9.94. The lowest BCUT2D eigenvalue weighted by Crippen LogP contribution is -2.55. The number of carbonyl (C=O) groups excluding carboxylic acids is 1. The minimum absolute atomic E-state index is 0.129. The van der Waals surface area contributed by atoms with Crippen LogP contribution in [0.4, 0.5) is 28.9 Å². The molecule has 4 heterocycles. The van der Waals surface area contributed by atoms with Gasteiger partial charge in [0.2, 0.25) is 5.56 Å². The van der Waals surface area contributed by atoms with E-state index in [1.54, 1.807) is 0 Å². The third kappa shape index (κ3) is 5.09. The second-order valence-corrected chi connectivity index (χ2v) is 10.6. The molecule has 204 valence electrons. The van der Waals surface area contributed by atoms with Gasteiger partial charge in [-0.25, -0.2) is 4.39 Å². The van der Waals surface area contributed by atoms with Gasteiger partial charge in [0.05, 0.1) is 22.5 Å². The fourth-order valence-corrected chi connectivity index (χ4v) is 5.77. The van der Waals surface area contributed by atoms with Crippen LogP contribution in [0.15, 0.2) is 35.3 Å². The van der Waals surface area contributed by atoms with Gasteiger partial charge in [-0.1, -0.05) is 6.08 Å². The standard InChI is InChI=1S/C27H31F4N5O2/c1-14-12-36(13-15(2)35(14)3)24-10-22(28)19(16-6-17-4-5-18(7-16)33-17)8-23(24)34-26(38)20-11-32-25(37)9-21(20)27(29,30)31/h6,8-11,14-15,17-18,33H,4-5,7,12-13H2,1-3H3,(H,32,37)(H,34,38)/t14-,15+,17?,18?. The van der Waals surface area contributed by atoms with Crippen molar-refractivity contribution in [2.45, 2.75) is 63.5 Å². The van der Waals surface area contributed by atoms with Crippen molar-refractivity contribution in [1.82, 2.24) is 15.2 Å². The van der Waals surface area contributed by atoms with Crippen LogP contribution in [0.5, 0.6) is 0 Å². The zero-order chi connectivity index (χ0) is 27.4. The number of aromatic nitrogens is 1. The number of anilines is 2. The maximum atomic E-state index is 15.6. The average Bonchev–Trinajstić information content (AvgIpc) is 3.19. The Bertz CT molecular complexity index is 1330. The SMILES string of the molecule is C[C@@H]1CN(c2cc(F)c(C3=CC4CCC(C3)N4)cc2NC(=O)c2c[nH]c(=O)cc2C(F)(F)F)C[C@H](C)N1C. The number of pyridine rings is 1. The monoisotopic (exact) mass is 533 g/mol. The van der Waals surface area contributed by atoms with Crippen molar-refractivity contribution in [1.29, 1.82) is 0 Å². The Morgan fingerprint density at radius 1 is 1.11 bits per heavy atom. The number of nitrogens with zero attached hydrogens (tertiary/aromatic N) is 2. The number of aromatic amines is 1. The fourth-order valence-electron chi connectivity index (χ4n) is 5.77. The number of amides is 1. The Morgan fingerprint density at radius 2 is 1.82 bits per heavy atom. The van der Waals surface area contributed by atoms with Gasteiger partial charge >= 0.3 is 6.18 Å². The lowest BCUT2D eigenvalue weighted by Gasteiger charge is -2.44. The van der Waals surface area contributed by atoms with E-state index in [9.17, 15) is 22.8 Å². The number of alkyl halides is 3. The van der Waals surface area contributed by atoms with Crippen molar-refractivity contribution in [2.75, 3.05) is 30.4 Å². The first-order chi connectivity index (χ1) is 17.9. The summed E-state index contributed by atoms with van der Waals surface area (Å²) >= 11 is 0. The number of carbonyl (C=O) groups is 1. The van der Waals surface area contributed by atoms with Gasteiger partial charge in [-0.2, -0.15) is 13.2 Å². The maximum absolute atomic E-state index is 15.6. The fraction of sp³-hybridized carbons (Fsp3) is 0.481. The number of fused-ring (bicyclic) bond motifs is 2. The van der Waals surface area contributed by atoms with Gasteiger partial charge in [0.1, 0.15) is 5.82 Å². The van der Waals surface area contributed by atoms with Crippen molar-refractivity contribution < 1.29 is 22.4 Å². The van der Waals surface area contributed by atoms with Crippen molar-refractivity contribution in [3.63, 3.8) is 0 Å². The summed E-state index contributed by atoms with van der Waals surface area (Å²) in [7, 11) is 2.01. The highest BCUT2D eigenvalue weighted by Crippen LogP contribution is 2.39. The zero-order valence-corrected chi connectivity index (χ0v) is 21.5. The van der Waals surface area contributed by atoms with Crippen LogP contribution in [0, 0.1) is 5.82 Å². The van der Waals surface area contributed by atoms with E-state index in [0.29, 0.717) is 36.8 Å². The smallest absolute Gasteiger partial charge is 0.367 e. The topological polar surface area (TPSA) is 80.5 Å². The number of benzene rings is 1. The molecule has 0 spiro atoms. The van der Waals surface area contributed by atoms with Crippen molar-refractivity contribution >= 4 is 22.9 Å². The number of rotatable bonds is 4. The van der Waals surface area contributed by atoms with Gasteiger partial charge < -0.3 is 20.5 Å². The minimum Gasteiger partial charge on any atom is -0.367 e. The summed E-state index contributed by atoms with van der Waals surface area (Å²) < 4.78 is 56.6. The Kier molecular flexibility index (Phi) is 6.85. The molecule has 2 bridgehead atoms. The predicted octanol–water partition coefficient (Wildman–Crippen LogP) is 4.22. The summed E-state index contributed by atoms with van der Waals surface area (Å²) in [5.41, 5.74) is -1.24. The minimum atomic E-state index is -4.90. The first kappa shape index (κ1) is 26.4. The predicted molar refractivity (Wildman–Crippen MR) is 138 cm³/mol. The van der Waals surface area contributed by atoms with Crippen molar-refractivity contribution in [3.05, 3.63) is 63.3 Å². The molecule has 7 nitrogen and oxygen atoms in total. The van der Waals surface area contributed by atoms with Crippen molar-refractivity contribution in [3.8, 4) is 0 Å². The van der Waals surface area contributed by atoms with Gasteiger partial charge in [0.25, 0.3) is 5.91 Å². The Labute approximate surface area is 217 Å². The van der Waals surface area contributed by atoms with Crippen LogP contribution >= 0.6 is 0 Å². The lowest BCUT2D eigenvalue weighted by molar-refractivity contribution is -0.138. The molecule has 0 aliphatic carbocycles. The molecule has 1 aromatic carbocycles. The quantitative estimate of drug-likeness (QED) is 0.513. The van der Waals surface area contributed by atoms with E-state index in [0.717, 1.165) is 24.6 Å². The molecule has 3 aliphatic heterocycles. The number of likely N-dealkylation sites (N-methyl/N-ethyl adjacent to an activating group) is 1. The molecule has 0 radical (unpaired) electrons. The van der Waals surface area contributed by atoms with E-state index in [-0.39, 0.29) is 29.9 Å². The van der Waals surface area contributed by atoms with E-state index in [1.165, 1.54) is 12.1 Å². The van der Waals surface area contributed by atoms with Gasteiger partial charge in [-0.05, 0) is 57.9 Å². The highest BCUT2D eigenvalue weighted by molar-refractivity contribution is 6.07. The van der Waals surface area contributed by atoms with Crippen LogP contribution in [0.1, 0.15) is 54.6 Å². The molecule has 0 saturated carbocycles. The van der Waals surface area contributed by atoms with Crippen LogP contribution in [0.2, 0.25) is 0 Å². The molecule has 11 heteroatoms. The largest absolute Gasteiger partial charge is 0.417 e. The summed E-state index contributed by atoms with van der Waals surface area (Å²) in [5, 5.41) is 6.08. The number of hydrogen-bond acceptors (Lipinski definition) is 5. The number of nitrogens with one attached hydrogen (secondary N) is 3. The summed E-state index contributed by atoms with van der Waals surface area (Å²) in [5.74, 6) is -1.48. The molecule has 5 rings (SSSR count). The van der Waals surface area contributed by atoms with Crippen LogP contribution in [0.3, 0.4) is 0 Å². The molecule has 2 fully saturated rings. The van der Waals surface area contributed by atoms with E-state index in [1.807, 2.05) is 31.9 Å². The van der Waals surface area contributed by atoms with E-state index in [2.05, 4.69) is 20.5 Å². The summed E-state index contributed by atoms with van der Waals surface area (Å²) in [6.07, 6.45) is 0.424. The first-order valence-electron chi connectivity index (χ1n) is 12.8. The second-order valence-electron chi connectivity index (χ2n) is 10.6. The molecule has 38 heavy (non-hydrogen) atoms. The van der Waals surface area contributed by atoms with Crippen LogP contribution in [-0.2, 0) is 6.18 Å². The van der Waals surface area contributed by atoms with Crippen LogP contribution in [0.25, 0.3) is 5.57 Å². The molecule has 2 saturated heterocycles. The summed E-state index contributed by atoms with van der Waals surface area (Å²) in [6, 6.07) is 3.92. The number of piperazine rings is 1. The molecular formula is C27H31F4N5O2. The third-order valence-electron chi connectivity index (χ3n) is 8.00. The van der Waals surface area contributed by atoms with Gasteiger partial charge in [0, 0.05) is 55.1 Å². The molecule has 2 unspecified atom stereocenters. The van der Waals surface area contributed by atoms with Gasteiger partial charge in [0.15, 0.2) is 0 Å². The van der Waals surface area contributed by atoms with Gasteiger partial charge in [-0.3, -0.25) is 14.5 Å². The second kappa shape index (κ2) is 9.85. The van der Waals surface area contributed by atoms with Gasteiger partial charge in [-0.15, -0.1) is 0 Å². The summed E-state index contributed by atoms with van der Waals surface area (Å²) in [6.45, 7) is 5.17. The van der Waals surface area contributed by atoms with E-state index >= 15 is 4.39 Å². The molecular weight excluding hydrogens is 502 g/mol. The van der Waals surface area contributed by atoms with Crippen LogP contribution < -0.4 is 21.1 Å². The third-order valence-corrected chi connectivity index (χ3v) is 8.00. The Morgan fingerprint density at radius 3 is 2.47 bits per heavy atom. The number of hydrogen-bond donors (Lipinski definition) is 3. The molecule has 3 aliphatic rings. The molecule has 2 aromatic rings. The normalized spacial score (nSPS) is 25.9. The average molecular weight is 534 g/mol. The summed E-state index contributed by atoms with van der Waals surface area (Å²) in [4.78, 5) is 31.1. The van der Waals surface area contributed by atoms with E-state index in [4.69, 9.17) is 0 Å². The number of H-pyrrole nitrogens is 1. The Hall–Kier alpha value is -3.18. The van der Waals surface area contributed by atoms with Crippen molar-refractivity contribution in [2.24, 2.45) is 0 Å². The molecule has 3 N–H and O–H groups in total. The molecule has 4 atom stereocenters. The highest BCUT2D eigenvalue weighted by atomic mass is 19.4. The number of halogens is 4. The molecule has 1 aromatic heterocycles. The maximum Gasteiger partial charge on any atom is 0.417 e. The Balaban J connectivity index is 1.57. The first-order valence-corrected chi connectivity index (χ1v) is 12.8. The highest BCUT2D eigenvalue weighted by Gasteiger charge is 2.37.